The van der Waals surface area contributed by atoms with Gasteiger partial charge in [-0.05, 0) is 5.92 Å². The first-order chi connectivity index (χ1) is 3.98. The van der Waals surface area contributed by atoms with Crippen LogP contribution in [-0.2, 0) is 9.24 Å². The Morgan fingerprint density at radius 3 is 2.22 bits per heavy atom. The van der Waals surface area contributed by atoms with Crippen molar-refractivity contribution in [3.05, 3.63) is 0 Å². The number of hydrogen-bond donors (Lipinski definition) is 2. The molecule has 0 aromatic rings. The van der Waals surface area contributed by atoms with Crippen molar-refractivity contribution in [1.82, 2.24) is 0 Å². The monoisotopic (exact) mass is 154 g/mol. The molecule has 0 aromatic carbocycles. The maximum absolute atomic E-state index is 10.5. The zero-order valence-corrected chi connectivity index (χ0v) is 6.34. The predicted molar refractivity (Wildman–Crippen MR) is 33.2 cm³/mol. The third kappa shape index (κ3) is 4.60. The normalized spacial score (nSPS) is 17.9. The summed E-state index contributed by atoms with van der Waals surface area (Å²) in [5.41, 5.74) is 0. The van der Waals surface area contributed by atoms with Crippen LogP contribution in [0.5, 0.6) is 0 Å². The van der Waals surface area contributed by atoms with Gasteiger partial charge in [-0.1, -0.05) is 13.8 Å². The van der Waals surface area contributed by atoms with E-state index in [-0.39, 0.29) is 12.1 Å². The fourth-order valence-corrected chi connectivity index (χ4v) is 1.48. The maximum atomic E-state index is 10.5. The first-order valence-electron chi connectivity index (χ1n) is 2.63. The minimum atomic E-state index is -3.67. The largest absolute Gasteiger partial charge is 0.355 e. The summed E-state index contributed by atoms with van der Waals surface area (Å²) in [5.74, 6) is 0.0491. The fourth-order valence-electron chi connectivity index (χ4n) is 0.495. The van der Waals surface area contributed by atoms with Gasteiger partial charge in [0.15, 0.2) is 0 Å². The van der Waals surface area contributed by atoms with Crippen LogP contribution in [0.3, 0.4) is 0 Å². The highest BCUT2D eigenvalue weighted by molar-refractivity contribution is 7.52. The predicted octanol–water partition coefficient (Wildman–Crippen LogP) is 1.32. The van der Waals surface area contributed by atoms with Gasteiger partial charge in [0.05, 0.1) is 6.16 Å². The topological polar surface area (TPSA) is 66.8 Å². The molecule has 0 rings (SSSR count). The van der Waals surface area contributed by atoms with Crippen LogP contribution in [0.25, 0.3) is 0 Å². The van der Waals surface area contributed by atoms with Gasteiger partial charge in [0.25, 0.3) is 0 Å². The summed E-state index contributed by atoms with van der Waals surface area (Å²) in [6.07, 6.45) is -0.0104. The van der Waals surface area contributed by atoms with E-state index in [1.165, 1.54) is 0 Å². The van der Waals surface area contributed by atoms with Gasteiger partial charge in [-0.15, -0.1) is 0 Å². The van der Waals surface area contributed by atoms with Crippen molar-refractivity contribution < 1.29 is 19.4 Å². The maximum Gasteiger partial charge on any atom is 0.355 e. The van der Waals surface area contributed by atoms with E-state index in [0.29, 0.717) is 0 Å². The summed E-state index contributed by atoms with van der Waals surface area (Å²) in [4.78, 5) is 8.58. The highest BCUT2D eigenvalue weighted by atomic mass is 31.2. The van der Waals surface area contributed by atoms with Crippen LogP contribution < -0.4 is 0 Å². The van der Waals surface area contributed by atoms with Crippen molar-refractivity contribution in [2.24, 2.45) is 5.92 Å². The molecular formula is C4H11O4P. The van der Waals surface area contributed by atoms with E-state index >= 15 is 0 Å². The van der Waals surface area contributed by atoms with Crippen molar-refractivity contribution in [2.45, 2.75) is 13.8 Å². The lowest BCUT2D eigenvalue weighted by atomic mass is 10.3. The smallest absolute Gasteiger partial charge is 0.323 e. The second kappa shape index (κ2) is 3.32. The van der Waals surface area contributed by atoms with Crippen molar-refractivity contribution in [2.75, 3.05) is 6.16 Å². The Morgan fingerprint density at radius 2 is 2.11 bits per heavy atom. The van der Waals surface area contributed by atoms with Crippen molar-refractivity contribution >= 4 is 7.60 Å². The second-order valence-corrected chi connectivity index (χ2v) is 4.10. The molecule has 1 atom stereocenters. The van der Waals surface area contributed by atoms with Gasteiger partial charge in [-0.25, -0.2) is 5.26 Å². The fraction of sp³-hybridized carbons (Fsp3) is 1.00. The third-order valence-electron chi connectivity index (χ3n) is 0.723. The SMILES string of the molecule is CC(C)CP(=O)(O)OO. The van der Waals surface area contributed by atoms with Crippen LogP contribution in [0, 0.1) is 5.92 Å². The highest BCUT2D eigenvalue weighted by Crippen LogP contribution is 2.42. The minimum Gasteiger partial charge on any atom is -0.323 e. The quantitative estimate of drug-likeness (QED) is 0.365. The van der Waals surface area contributed by atoms with Gasteiger partial charge in [-0.3, -0.25) is 4.57 Å². The van der Waals surface area contributed by atoms with E-state index in [9.17, 15) is 4.57 Å². The molecule has 0 aromatic heterocycles. The molecule has 0 saturated carbocycles. The molecule has 0 radical (unpaired) electrons. The molecule has 0 fully saturated rings. The van der Waals surface area contributed by atoms with E-state index < -0.39 is 7.60 Å². The Morgan fingerprint density at radius 1 is 1.67 bits per heavy atom. The van der Waals surface area contributed by atoms with Crippen LogP contribution >= 0.6 is 7.60 Å². The molecule has 0 saturated heterocycles. The molecule has 0 aliphatic heterocycles. The minimum absolute atomic E-state index is 0.0104. The third-order valence-corrected chi connectivity index (χ3v) is 2.17. The van der Waals surface area contributed by atoms with Gasteiger partial charge in [0, 0.05) is 0 Å². The van der Waals surface area contributed by atoms with Gasteiger partial charge in [-0.2, -0.15) is 4.67 Å². The lowest BCUT2D eigenvalue weighted by molar-refractivity contribution is -0.146. The average molecular weight is 154 g/mol. The molecule has 2 N–H and O–H groups in total. The highest BCUT2D eigenvalue weighted by Gasteiger charge is 2.20. The molecule has 56 valence electrons. The average Bonchev–Trinajstić information content (AvgIpc) is 1.63. The molecule has 5 heteroatoms. The summed E-state index contributed by atoms with van der Waals surface area (Å²) >= 11 is 0. The summed E-state index contributed by atoms with van der Waals surface area (Å²) in [6, 6.07) is 0. The van der Waals surface area contributed by atoms with Gasteiger partial charge in [0.2, 0.25) is 0 Å². The summed E-state index contributed by atoms with van der Waals surface area (Å²) in [5, 5.41) is 7.83. The van der Waals surface area contributed by atoms with Crippen molar-refractivity contribution in [3.8, 4) is 0 Å². The molecule has 0 amide bonds. The number of rotatable bonds is 3. The Balaban J connectivity index is 3.73. The first kappa shape index (κ1) is 9.11. The molecule has 4 nitrogen and oxygen atoms in total. The zero-order valence-electron chi connectivity index (χ0n) is 5.44. The molecule has 0 heterocycles. The van der Waals surface area contributed by atoms with E-state index in [1.54, 1.807) is 13.8 Å². The van der Waals surface area contributed by atoms with Crippen molar-refractivity contribution in [3.63, 3.8) is 0 Å². The Hall–Kier alpha value is 0.110. The van der Waals surface area contributed by atoms with E-state index in [2.05, 4.69) is 4.67 Å². The van der Waals surface area contributed by atoms with Crippen LogP contribution in [0.4, 0.5) is 0 Å². The van der Waals surface area contributed by atoms with E-state index in [0.717, 1.165) is 0 Å². The van der Waals surface area contributed by atoms with Crippen LogP contribution in [0.15, 0.2) is 0 Å². The number of hydrogen-bond acceptors (Lipinski definition) is 3. The molecular weight excluding hydrogens is 143 g/mol. The standard InChI is InChI=1S/C4H11O4P/c1-4(2)3-9(6,7)8-5/h4-5H,3H2,1-2H3,(H,6,7). The van der Waals surface area contributed by atoms with Crippen molar-refractivity contribution in [1.29, 1.82) is 0 Å². The van der Waals surface area contributed by atoms with Crippen LogP contribution in [0.1, 0.15) is 13.8 Å². The molecule has 9 heavy (non-hydrogen) atoms. The molecule has 1 unspecified atom stereocenters. The van der Waals surface area contributed by atoms with Crippen LogP contribution in [-0.4, -0.2) is 16.3 Å². The molecule has 0 spiro atoms. The van der Waals surface area contributed by atoms with E-state index in [1.807, 2.05) is 0 Å². The van der Waals surface area contributed by atoms with Crippen LogP contribution in [0.2, 0.25) is 0 Å². The lowest BCUT2D eigenvalue weighted by Gasteiger charge is -2.07. The second-order valence-electron chi connectivity index (χ2n) is 2.30. The molecule has 0 aliphatic rings. The van der Waals surface area contributed by atoms with Gasteiger partial charge < -0.3 is 4.89 Å². The summed E-state index contributed by atoms with van der Waals surface area (Å²) < 4.78 is 13.8. The Labute approximate surface area is 53.9 Å². The van der Waals surface area contributed by atoms with Gasteiger partial charge >= 0.3 is 7.60 Å². The van der Waals surface area contributed by atoms with Gasteiger partial charge in [0.1, 0.15) is 0 Å². The van der Waals surface area contributed by atoms with E-state index in [4.69, 9.17) is 10.2 Å². The summed E-state index contributed by atoms with van der Waals surface area (Å²) in [7, 11) is -3.67. The Kier molecular flexibility index (Phi) is 3.36. The first-order valence-corrected chi connectivity index (χ1v) is 4.39. The Bertz CT molecular complexity index is 122. The zero-order chi connectivity index (χ0) is 7.49. The molecule has 0 bridgehead atoms. The molecule has 0 aliphatic carbocycles. The lowest BCUT2D eigenvalue weighted by Crippen LogP contribution is -1.98. The summed E-state index contributed by atoms with van der Waals surface area (Å²) in [6.45, 7) is 3.53.